The van der Waals surface area contributed by atoms with Crippen LogP contribution in [0.5, 0.6) is 0 Å². The van der Waals surface area contributed by atoms with Gasteiger partial charge in [-0.05, 0) is 42.4 Å². The van der Waals surface area contributed by atoms with Crippen molar-refractivity contribution in [3.8, 4) is 0 Å². The van der Waals surface area contributed by atoms with Crippen molar-refractivity contribution in [3.63, 3.8) is 0 Å². The molecule has 0 bridgehead atoms. The zero-order chi connectivity index (χ0) is 14.6. The van der Waals surface area contributed by atoms with Crippen molar-refractivity contribution >= 4 is 0 Å². The largest absolute Gasteiger partial charge is 0.393 e. The Morgan fingerprint density at radius 2 is 1.63 bits per heavy atom. The average Bonchev–Trinajstić information content (AvgIpc) is 2.21. The quantitative estimate of drug-likeness (QED) is 0.793. The molecule has 0 aromatic rings. The molecule has 0 amide bonds. The molecule has 2 unspecified atom stereocenters. The van der Waals surface area contributed by atoms with Crippen molar-refractivity contribution in [1.29, 1.82) is 0 Å². The highest BCUT2D eigenvalue weighted by Crippen LogP contribution is 2.39. The molecule has 0 radical (unpaired) electrons. The Balaban J connectivity index is 2.60. The van der Waals surface area contributed by atoms with E-state index in [0.29, 0.717) is 23.2 Å². The Morgan fingerprint density at radius 1 is 1.11 bits per heavy atom. The van der Waals surface area contributed by atoms with Gasteiger partial charge in [-0.15, -0.1) is 0 Å². The molecule has 0 heterocycles. The van der Waals surface area contributed by atoms with Crippen molar-refractivity contribution in [1.82, 2.24) is 4.90 Å². The molecule has 114 valence electrons. The molecule has 1 fully saturated rings. The van der Waals surface area contributed by atoms with E-state index in [1.165, 1.54) is 12.8 Å². The van der Waals surface area contributed by atoms with E-state index in [4.69, 9.17) is 0 Å². The van der Waals surface area contributed by atoms with Crippen LogP contribution in [0, 0.1) is 23.2 Å². The normalized spacial score (nSPS) is 27.5. The van der Waals surface area contributed by atoms with E-state index in [1.807, 2.05) is 0 Å². The summed E-state index contributed by atoms with van der Waals surface area (Å²) in [6.07, 6.45) is 3.23. The second-order valence-corrected chi connectivity index (χ2v) is 8.24. The van der Waals surface area contributed by atoms with Gasteiger partial charge >= 0.3 is 0 Å². The summed E-state index contributed by atoms with van der Waals surface area (Å²) in [5, 5.41) is 10.3. The van der Waals surface area contributed by atoms with E-state index in [2.05, 4.69) is 46.4 Å². The molecule has 0 aliphatic heterocycles. The second kappa shape index (κ2) is 7.08. The Hall–Kier alpha value is -0.0800. The number of hydrogen-bond donors (Lipinski definition) is 1. The SMILES string of the molecule is CC(C)CN(CC(C)C)CC1CC(C)(C)CCC1O. The Labute approximate surface area is 120 Å². The number of nitrogens with zero attached hydrogens (tertiary/aromatic N) is 1. The van der Waals surface area contributed by atoms with Gasteiger partial charge in [-0.3, -0.25) is 0 Å². The molecule has 0 aromatic carbocycles. The van der Waals surface area contributed by atoms with Gasteiger partial charge < -0.3 is 10.0 Å². The zero-order valence-electron chi connectivity index (χ0n) is 13.9. The number of rotatable bonds is 6. The van der Waals surface area contributed by atoms with E-state index in [-0.39, 0.29) is 6.10 Å². The fraction of sp³-hybridized carbons (Fsp3) is 1.00. The summed E-state index contributed by atoms with van der Waals surface area (Å²) in [5.41, 5.74) is 0.408. The Morgan fingerprint density at radius 3 is 2.11 bits per heavy atom. The molecule has 1 N–H and O–H groups in total. The van der Waals surface area contributed by atoms with Crippen LogP contribution in [0.3, 0.4) is 0 Å². The van der Waals surface area contributed by atoms with E-state index in [0.717, 1.165) is 26.1 Å². The van der Waals surface area contributed by atoms with Crippen LogP contribution < -0.4 is 0 Å². The molecule has 19 heavy (non-hydrogen) atoms. The van der Waals surface area contributed by atoms with Gasteiger partial charge in [0.25, 0.3) is 0 Å². The molecular formula is C17H35NO. The number of aliphatic hydroxyl groups is 1. The molecule has 1 aliphatic carbocycles. The summed E-state index contributed by atoms with van der Waals surface area (Å²) in [4.78, 5) is 2.57. The number of hydrogen-bond acceptors (Lipinski definition) is 2. The lowest BCUT2D eigenvalue weighted by Gasteiger charge is -2.41. The molecule has 1 rings (SSSR count). The topological polar surface area (TPSA) is 23.5 Å². The predicted molar refractivity (Wildman–Crippen MR) is 83.2 cm³/mol. The summed E-state index contributed by atoms with van der Waals surface area (Å²) in [6.45, 7) is 17.2. The van der Waals surface area contributed by atoms with Crippen LogP contribution in [0.25, 0.3) is 0 Å². The average molecular weight is 269 g/mol. The summed E-state index contributed by atoms with van der Waals surface area (Å²) >= 11 is 0. The fourth-order valence-electron chi connectivity index (χ4n) is 3.50. The third kappa shape index (κ3) is 6.27. The molecule has 0 spiro atoms. The van der Waals surface area contributed by atoms with Gasteiger partial charge in [0, 0.05) is 19.6 Å². The van der Waals surface area contributed by atoms with Crippen LogP contribution >= 0.6 is 0 Å². The number of aliphatic hydroxyl groups excluding tert-OH is 1. The lowest BCUT2D eigenvalue weighted by Crippen LogP contribution is -2.43. The van der Waals surface area contributed by atoms with Crippen LogP contribution in [0.2, 0.25) is 0 Å². The maximum absolute atomic E-state index is 10.3. The third-order valence-corrected chi connectivity index (χ3v) is 4.22. The predicted octanol–water partition coefficient (Wildman–Crippen LogP) is 3.79. The fourth-order valence-corrected chi connectivity index (χ4v) is 3.50. The van der Waals surface area contributed by atoms with Crippen LogP contribution in [0.1, 0.15) is 60.8 Å². The van der Waals surface area contributed by atoms with Gasteiger partial charge in [0.05, 0.1) is 6.10 Å². The van der Waals surface area contributed by atoms with Gasteiger partial charge in [0.1, 0.15) is 0 Å². The molecule has 2 heteroatoms. The maximum atomic E-state index is 10.3. The highest BCUT2D eigenvalue weighted by Gasteiger charge is 2.34. The molecule has 2 nitrogen and oxygen atoms in total. The van der Waals surface area contributed by atoms with E-state index in [1.54, 1.807) is 0 Å². The van der Waals surface area contributed by atoms with Gasteiger partial charge in [-0.1, -0.05) is 41.5 Å². The van der Waals surface area contributed by atoms with Crippen LogP contribution in [0.4, 0.5) is 0 Å². The van der Waals surface area contributed by atoms with E-state index < -0.39 is 0 Å². The first-order valence-corrected chi connectivity index (χ1v) is 8.10. The van der Waals surface area contributed by atoms with Gasteiger partial charge in [-0.25, -0.2) is 0 Å². The van der Waals surface area contributed by atoms with Gasteiger partial charge in [-0.2, -0.15) is 0 Å². The van der Waals surface area contributed by atoms with Crippen molar-refractivity contribution in [3.05, 3.63) is 0 Å². The minimum atomic E-state index is -0.0881. The summed E-state index contributed by atoms with van der Waals surface area (Å²) in [6, 6.07) is 0. The summed E-state index contributed by atoms with van der Waals surface area (Å²) in [7, 11) is 0. The van der Waals surface area contributed by atoms with E-state index >= 15 is 0 Å². The van der Waals surface area contributed by atoms with Gasteiger partial charge in [0.15, 0.2) is 0 Å². The molecule has 0 aromatic heterocycles. The first kappa shape index (κ1) is 17.0. The molecular weight excluding hydrogens is 234 g/mol. The smallest absolute Gasteiger partial charge is 0.0581 e. The highest BCUT2D eigenvalue weighted by molar-refractivity contribution is 4.86. The van der Waals surface area contributed by atoms with Crippen molar-refractivity contribution < 1.29 is 5.11 Å². The van der Waals surface area contributed by atoms with Crippen LogP contribution in [0.15, 0.2) is 0 Å². The molecule has 2 atom stereocenters. The van der Waals surface area contributed by atoms with Gasteiger partial charge in [0.2, 0.25) is 0 Å². The van der Waals surface area contributed by atoms with Crippen molar-refractivity contribution in [2.45, 2.75) is 66.9 Å². The highest BCUT2D eigenvalue weighted by atomic mass is 16.3. The molecule has 1 aliphatic rings. The van der Waals surface area contributed by atoms with Crippen LogP contribution in [-0.4, -0.2) is 35.7 Å². The first-order chi connectivity index (χ1) is 8.69. The van der Waals surface area contributed by atoms with E-state index in [9.17, 15) is 5.11 Å². The lowest BCUT2D eigenvalue weighted by molar-refractivity contribution is 0.00101. The lowest BCUT2D eigenvalue weighted by atomic mass is 9.70. The minimum absolute atomic E-state index is 0.0881. The zero-order valence-corrected chi connectivity index (χ0v) is 13.9. The molecule has 1 saturated carbocycles. The minimum Gasteiger partial charge on any atom is -0.393 e. The summed E-state index contributed by atoms with van der Waals surface area (Å²) < 4.78 is 0. The van der Waals surface area contributed by atoms with Crippen LogP contribution in [-0.2, 0) is 0 Å². The standard InChI is InChI=1S/C17H35NO/c1-13(2)10-18(11-14(3)4)12-15-9-17(5,6)8-7-16(15)19/h13-16,19H,7-12H2,1-6H3. The Kier molecular flexibility index (Phi) is 6.32. The molecule has 0 saturated heterocycles. The van der Waals surface area contributed by atoms with Crippen molar-refractivity contribution in [2.75, 3.05) is 19.6 Å². The first-order valence-electron chi connectivity index (χ1n) is 8.10. The Bertz CT molecular complexity index is 250. The summed E-state index contributed by atoms with van der Waals surface area (Å²) in [5.74, 6) is 1.86. The monoisotopic (exact) mass is 269 g/mol. The third-order valence-electron chi connectivity index (χ3n) is 4.22. The maximum Gasteiger partial charge on any atom is 0.0581 e. The van der Waals surface area contributed by atoms with Crippen molar-refractivity contribution in [2.24, 2.45) is 23.2 Å². The second-order valence-electron chi connectivity index (χ2n) is 8.24.